The van der Waals surface area contributed by atoms with Crippen molar-refractivity contribution >= 4 is 29.9 Å². The first kappa shape index (κ1) is 48.5. The molecule has 0 aliphatic heterocycles. The zero-order chi connectivity index (χ0) is 39.1. The number of carbonyl (C=O) groups is 3. The SMILES string of the molecule is C#C[C@H](CC)NC(=O)OC(C)(C)C.C=C[C@H](CC)NC(=O)OC(C)(C)C.CC[C@@H](CCc1ccc(Cl)cc1OCCO)NC(=O)OC(C)(C)C. The average Bonchev–Trinajstić information content (AvgIpc) is 2.98. The standard InChI is InChI=1S/C18H28ClNO4.C10H19NO2.C10H17NO2/c1-5-15(20-17(22)24-18(2,3)4)9-7-13-6-8-14(19)12-16(13)23-11-10-21;2*1-6-8(7-2)11-9(12)13-10(3,4)5/h6,8,12,15,21H,5,7,9-11H2,1-4H3,(H,20,22);6,8H,1,7H2,2-5H3,(H,11,12);1,8H,7H2,2-5H3,(H,11,12)/t15-;2*8-/m011/s1. The van der Waals surface area contributed by atoms with Crippen LogP contribution in [0.1, 0.15) is 114 Å². The van der Waals surface area contributed by atoms with Crippen molar-refractivity contribution in [3.8, 4) is 18.1 Å². The molecular weight excluding hydrogens is 662 g/mol. The summed E-state index contributed by atoms with van der Waals surface area (Å²) in [5.74, 6) is 3.13. The number of aryl methyl sites for hydroxylation is 1. The molecule has 4 N–H and O–H groups in total. The van der Waals surface area contributed by atoms with Crippen LogP contribution in [0.2, 0.25) is 5.02 Å². The Morgan fingerprint density at radius 3 is 1.76 bits per heavy atom. The lowest BCUT2D eigenvalue weighted by atomic mass is 10.0. The molecule has 0 unspecified atom stereocenters. The second-order valence-electron chi connectivity index (χ2n) is 14.3. The number of nitrogens with one attached hydrogen (secondary N) is 3. The van der Waals surface area contributed by atoms with Gasteiger partial charge in [-0.15, -0.1) is 13.0 Å². The van der Waals surface area contributed by atoms with Crippen molar-refractivity contribution in [1.82, 2.24) is 16.0 Å². The molecule has 0 saturated heterocycles. The van der Waals surface area contributed by atoms with Gasteiger partial charge in [-0.25, -0.2) is 14.4 Å². The van der Waals surface area contributed by atoms with Gasteiger partial charge in [-0.3, -0.25) is 0 Å². The van der Waals surface area contributed by atoms with Crippen LogP contribution in [-0.4, -0.2) is 71.5 Å². The fourth-order valence-corrected chi connectivity index (χ4v) is 3.87. The van der Waals surface area contributed by atoms with Crippen LogP contribution in [0, 0.1) is 12.3 Å². The molecule has 1 aromatic carbocycles. The van der Waals surface area contributed by atoms with Crippen LogP contribution in [0.4, 0.5) is 14.4 Å². The molecule has 286 valence electrons. The molecule has 0 bridgehead atoms. The average molecular weight is 726 g/mol. The van der Waals surface area contributed by atoms with Gasteiger partial charge in [-0.1, -0.05) is 50.4 Å². The molecule has 3 amide bonds. The highest BCUT2D eigenvalue weighted by Crippen LogP contribution is 2.25. The number of halogens is 1. The molecule has 0 radical (unpaired) electrons. The zero-order valence-electron chi connectivity index (χ0n) is 32.5. The van der Waals surface area contributed by atoms with Crippen LogP contribution < -0.4 is 20.7 Å². The number of ether oxygens (including phenoxy) is 4. The topological polar surface area (TPSA) is 144 Å². The maximum absolute atomic E-state index is 11.9. The van der Waals surface area contributed by atoms with Crippen LogP contribution >= 0.6 is 11.6 Å². The van der Waals surface area contributed by atoms with Gasteiger partial charge >= 0.3 is 18.3 Å². The number of aliphatic hydroxyl groups excluding tert-OH is 1. The second kappa shape index (κ2) is 24.5. The third-order valence-electron chi connectivity index (χ3n) is 6.08. The van der Waals surface area contributed by atoms with Crippen LogP contribution in [0.15, 0.2) is 30.9 Å². The number of carbonyl (C=O) groups excluding carboxylic acids is 3. The highest BCUT2D eigenvalue weighted by Gasteiger charge is 2.20. The minimum Gasteiger partial charge on any atom is -0.491 e. The molecular formula is C38H64ClN3O8. The predicted molar refractivity (Wildman–Crippen MR) is 202 cm³/mol. The monoisotopic (exact) mass is 725 g/mol. The van der Waals surface area contributed by atoms with Gasteiger partial charge in [0.2, 0.25) is 0 Å². The Labute approximate surface area is 306 Å². The van der Waals surface area contributed by atoms with Crippen molar-refractivity contribution in [1.29, 1.82) is 0 Å². The summed E-state index contributed by atoms with van der Waals surface area (Å²) in [6.07, 6.45) is 9.44. The first-order valence-corrected chi connectivity index (χ1v) is 17.5. The van der Waals surface area contributed by atoms with Crippen LogP contribution in [-0.2, 0) is 20.6 Å². The van der Waals surface area contributed by atoms with Crippen molar-refractivity contribution in [2.75, 3.05) is 13.2 Å². The molecule has 0 heterocycles. The van der Waals surface area contributed by atoms with Gasteiger partial charge in [0.05, 0.1) is 12.6 Å². The number of terminal acetylenes is 1. The van der Waals surface area contributed by atoms with E-state index in [0.29, 0.717) is 17.2 Å². The van der Waals surface area contributed by atoms with E-state index in [-0.39, 0.29) is 37.4 Å². The third-order valence-corrected chi connectivity index (χ3v) is 6.32. The molecule has 12 heteroatoms. The van der Waals surface area contributed by atoms with Gasteiger partial charge in [0.15, 0.2) is 0 Å². The maximum atomic E-state index is 11.9. The summed E-state index contributed by atoms with van der Waals surface area (Å²) in [6, 6.07) is 5.24. The van der Waals surface area contributed by atoms with E-state index in [1.54, 1.807) is 12.1 Å². The lowest BCUT2D eigenvalue weighted by Gasteiger charge is -2.23. The fraction of sp³-hybridized carbons (Fsp3) is 0.658. The molecule has 0 aliphatic rings. The Kier molecular flexibility index (Phi) is 23.8. The maximum Gasteiger partial charge on any atom is 0.408 e. The Balaban J connectivity index is 0. The molecule has 3 atom stereocenters. The highest BCUT2D eigenvalue weighted by atomic mass is 35.5. The number of hydrogen-bond acceptors (Lipinski definition) is 8. The van der Waals surface area contributed by atoms with Gasteiger partial charge in [0, 0.05) is 17.1 Å². The van der Waals surface area contributed by atoms with Crippen molar-refractivity contribution in [3.05, 3.63) is 41.4 Å². The highest BCUT2D eigenvalue weighted by molar-refractivity contribution is 6.30. The summed E-state index contributed by atoms with van der Waals surface area (Å²) >= 11 is 6.00. The molecule has 0 aromatic heterocycles. The largest absolute Gasteiger partial charge is 0.491 e. The Morgan fingerprint density at radius 2 is 1.36 bits per heavy atom. The van der Waals surface area contributed by atoms with Crippen molar-refractivity contribution in [3.63, 3.8) is 0 Å². The van der Waals surface area contributed by atoms with E-state index in [1.807, 2.05) is 95.2 Å². The molecule has 1 aromatic rings. The fourth-order valence-electron chi connectivity index (χ4n) is 3.71. The number of amides is 3. The van der Waals surface area contributed by atoms with E-state index < -0.39 is 29.0 Å². The van der Waals surface area contributed by atoms with Crippen LogP contribution in [0.5, 0.6) is 5.75 Å². The minimum absolute atomic E-state index is 0.00477. The molecule has 50 heavy (non-hydrogen) atoms. The van der Waals surface area contributed by atoms with Gasteiger partial charge < -0.3 is 40.0 Å². The molecule has 11 nitrogen and oxygen atoms in total. The third kappa shape index (κ3) is 27.2. The number of alkyl carbamates (subject to hydrolysis) is 3. The van der Waals surface area contributed by atoms with Crippen LogP contribution in [0.25, 0.3) is 0 Å². The lowest BCUT2D eigenvalue weighted by molar-refractivity contribution is 0.0492. The lowest BCUT2D eigenvalue weighted by Crippen LogP contribution is -2.39. The molecule has 1 rings (SSSR count). The summed E-state index contributed by atoms with van der Waals surface area (Å²) in [6.45, 7) is 26.1. The summed E-state index contributed by atoms with van der Waals surface area (Å²) in [7, 11) is 0. The van der Waals surface area contributed by atoms with E-state index in [4.69, 9.17) is 42.1 Å². The van der Waals surface area contributed by atoms with Gasteiger partial charge in [-0.2, -0.15) is 0 Å². The molecule has 0 saturated carbocycles. The summed E-state index contributed by atoms with van der Waals surface area (Å²) in [5.41, 5.74) is -0.429. The first-order chi connectivity index (χ1) is 23.0. The predicted octanol–water partition coefficient (Wildman–Crippen LogP) is 8.35. The Bertz CT molecular complexity index is 1200. The number of rotatable bonds is 13. The Morgan fingerprint density at radius 1 is 0.860 bits per heavy atom. The quantitative estimate of drug-likeness (QED) is 0.0903. The molecule has 0 aliphatic carbocycles. The number of hydrogen-bond donors (Lipinski definition) is 4. The zero-order valence-corrected chi connectivity index (χ0v) is 33.2. The normalized spacial score (nSPS) is 12.8. The summed E-state index contributed by atoms with van der Waals surface area (Å²) in [4.78, 5) is 34.3. The Hall–Kier alpha value is -3.62. The summed E-state index contributed by atoms with van der Waals surface area (Å²) in [5, 5.41) is 17.7. The van der Waals surface area contributed by atoms with Crippen molar-refractivity contribution in [2.24, 2.45) is 0 Å². The van der Waals surface area contributed by atoms with Crippen molar-refractivity contribution < 1.29 is 38.4 Å². The minimum atomic E-state index is -0.510. The van der Waals surface area contributed by atoms with E-state index in [2.05, 4.69) is 28.4 Å². The van der Waals surface area contributed by atoms with E-state index >= 15 is 0 Å². The second-order valence-corrected chi connectivity index (χ2v) is 14.7. The van der Waals surface area contributed by atoms with Gasteiger partial charge in [0.25, 0.3) is 0 Å². The van der Waals surface area contributed by atoms with E-state index in [9.17, 15) is 14.4 Å². The summed E-state index contributed by atoms with van der Waals surface area (Å²) < 4.78 is 20.9. The number of benzene rings is 1. The van der Waals surface area contributed by atoms with Gasteiger partial charge in [0.1, 0.15) is 29.2 Å². The van der Waals surface area contributed by atoms with Gasteiger partial charge in [-0.05, 0) is 112 Å². The smallest absolute Gasteiger partial charge is 0.408 e. The van der Waals surface area contributed by atoms with E-state index in [1.165, 1.54) is 0 Å². The van der Waals surface area contributed by atoms with E-state index in [0.717, 1.165) is 31.2 Å². The number of aliphatic hydroxyl groups is 1. The van der Waals surface area contributed by atoms with Crippen molar-refractivity contribution in [2.45, 2.75) is 150 Å². The molecule has 0 fully saturated rings. The molecule has 0 spiro atoms. The van der Waals surface area contributed by atoms with Crippen LogP contribution in [0.3, 0.4) is 0 Å². The first-order valence-electron chi connectivity index (χ1n) is 17.1.